The van der Waals surface area contributed by atoms with Crippen LogP contribution in [0.2, 0.25) is 0 Å². The van der Waals surface area contributed by atoms with Crippen LogP contribution >= 0.6 is 0 Å². The van der Waals surface area contributed by atoms with Crippen LogP contribution in [-0.2, 0) is 6.42 Å². The van der Waals surface area contributed by atoms with Crippen molar-refractivity contribution in [2.45, 2.75) is 13.3 Å². The minimum absolute atomic E-state index is 0.110. The fraction of sp³-hybridized carbons (Fsp3) is 0.231. The SMILES string of the molecule is Cc1c2ccoc2c(CCO)c2ccoc12. The number of hydrogen-bond acceptors (Lipinski definition) is 3. The number of benzene rings is 1. The van der Waals surface area contributed by atoms with E-state index >= 15 is 0 Å². The summed E-state index contributed by atoms with van der Waals surface area (Å²) in [7, 11) is 0. The van der Waals surface area contributed by atoms with Gasteiger partial charge in [-0.15, -0.1) is 0 Å². The molecule has 0 saturated carbocycles. The molecule has 16 heavy (non-hydrogen) atoms. The molecule has 2 heterocycles. The highest BCUT2D eigenvalue weighted by atomic mass is 16.3. The molecule has 82 valence electrons. The third-order valence-corrected chi connectivity index (χ3v) is 3.04. The molecule has 0 fully saturated rings. The van der Waals surface area contributed by atoms with Gasteiger partial charge in [-0.05, 0) is 25.5 Å². The minimum Gasteiger partial charge on any atom is -0.464 e. The van der Waals surface area contributed by atoms with E-state index in [2.05, 4.69) is 0 Å². The van der Waals surface area contributed by atoms with Crippen molar-refractivity contribution in [3.8, 4) is 0 Å². The van der Waals surface area contributed by atoms with E-state index in [4.69, 9.17) is 13.9 Å². The fourth-order valence-corrected chi connectivity index (χ4v) is 2.28. The zero-order valence-corrected chi connectivity index (χ0v) is 8.99. The second-order valence-corrected chi connectivity index (χ2v) is 3.90. The summed E-state index contributed by atoms with van der Waals surface area (Å²) in [5.74, 6) is 0. The van der Waals surface area contributed by atoms with Crippen LogP contribution in [0.1, 0.15) is 11.1 Å². The van der Waals surface area contributed by atoms with Gasteiger partial charge in [0.2, 0.25) is 0 Å². The number of aliphatic hydroxyl groups excluding tert-OH is 1. The molecule has 3 rings (SSSR count). The van der Waals surface area contributed by atoms with Crippen molar-refractivity contribution in [3.63, 3.8) is 0 Å². The summed E-state index contributed by atoms with van der Waals surface area (Å²) in [5.41, 5.74) is 3.86. The van der Waals surface area contributed by atoms with Gasteiger partial charge in [0.25, 0.3) is 0 Å². The summed E-state index contributed by atoms with van der Waals surface area (Å²) in [6.45, 7) is 2.13. The second kappa shape index (κ2) is 3.39. The summed E-state index contributed by atoms with van der Waals surface area (Å²) in [5, 5.41) is 11.2. The average Bonchev–Trinajstić information content (AvgIpc) is 2.92. The summed E-state index contributed by atoms with van der Waals surface area (Å²) < 4.78 is 11.0. The van der Waals surface area contributed by atoms with Crippen molar-refractivity contribution in [1.82, 2.24) is 0 Å². The Morgan fingerprint density at radius 3 is 2.50 bits per heavy atom. The third-order valence-electron chi connectivity index (χ3n) is 3.04. The predicted octanol–water partition coefficient (Wildman–Crippen LogP) is 3.02. The maximum absolute atomic E-state index is 9.11. The molecule has 0 aliphatic carbocycles. The van der Waals surface area contributed by atoms with Crippen molar-refractivity contribution in [3.05, 3.63) is 35.8 Å². The van der Waals surface area contributed by atoms with Crippen LogP contribution in [0.25, 0.3) is 21.9 Å². The van der Waals surface area contributed by atoms with Gasteiger partial charge in [0.1, 0.15) is 11.2 Å². The van der Waals surface area contributed by atoms with Crippen LogP contribution in [0.4, 0.5) is 0 Å². The number of hydrogen-bond donors (Lipinski definition) is 1. The van der Waals surface area contributed by atoms with Gasteiger partial charge in [-0.25, -0.2) is 0 Å². The van der Waals surface area contributed by atoms with Crippen molar-refractivity contribution in [1.29, 1.82) is 0 Å². The van der Waals surface area contributed by atoms with Gasteiger partial charge in [0.05, 0.1) is 12.5 Å². The Kier molecular flexibility index (Phi) is 2.01. The lowest BCUT2D eigenvalue weighted by Gasteiger charge is -2.05. The van der Waals surface area contributed by atoms with Gasteiger partial charge < -0.3 is 13.9 Å². The molecule has 3 aromatic rings. The molecular formula is C13H12O3. The first-order chi connectivity index (χ1) is 7.83. The molecule has 0 atom stereocenters. The average molecular weight is 216 g/mol. The quantitative estimate of drug-likeness (QED) is 0.716. The summed E-state index contributed by atoms with van der Waals surface area (Å²) in [4.78, 5) is 0. The molecule has 3 nitrogen and oxygen atoms in total. The van der Waals surface area contributed by atoms with Gasteiger partial charge in [-0.2, -0.15) is 0 Å². The Hall–Kier alpha value is -1.74. The molecule has 0 aliphatic rings. The van der Waals surface area contributed by atoms with E-state index in [9.17, 15) is 0 Å². The second-order valence-electron chi connectivity index (χ2n) is 3.90. The molecule has 0 aliphatic heterocycles. The maximum Gasteiger partial charge on any atom is 0.138 e. The lowest BCUT2D eigenvalue weighted by atomic mass is 10.0. The highest BCUT2D eigenvalue weighted by molar-refractivity contribution is 6.01. The summed E-state index contributed by atoms with van der Waals surface area (Å²) >= 11 is 0. The number of rotatable bonds is 2. The zero-order chi connectivity index (χ0) is 11.1. The van der Waals surface area contributed by atoms with Gasteiger partial charge in [0, 0.05) is 28.5 Å². The molecule has 1 aromatic carbocycles. The van der Waals surface area contributed by atoms with E-state index in [0.29, 0.717) is 6.42 Å². The monoisotopic (exact) mass is 216 g/mol. The highest BCUT2D eigenvalue weighted by Crippen LogP contribution is 2.33. The van der Waals surface area contributed by atoms with Crippen molar-refractivity contribution >= 4 is 21.9 Å². The van der Waals surface area contributed by atoms with E-state index < -0.39 is 0 Å². The highest BCUT2D eigenvalue weighted by Gasteiger charge is 2.15. The van der Waals surface area contributed by atoms with Gasteiger partial charge in [0.15, 0.2) is 0 Å². The maximum atomic E-state index is 9.11. The fourth-order valence-electron chi connectivity index (χ4n) is 2.28. The van der Waals surface area contributed by atoms with Gasteiger partial charge >= 0.3 is 0 Å². The van der Waals surface area contributed by atoms with Crippen molar-refractivity contribution in [2.75, 3.05) is 6.61 Å². The van der Waals surface area contributed by atoms with E-state index in [-0.39, 0.29) is 6.61 Å². The van der Waals surface area contributed by atoms with Crippen LogP contribution in [0.15, 0.2) is 33.5 Å². The minimum atomic E-state index is 0.110. The smallest absolute Gasteiger partial charge is 0.138 e. The molecular weight excluding hydrogens is 204 g/mol. The van der Waals surface area contributed by atoms with Crippen molar-refractivity contribution in [2.24, 2.45) is 0 Å². The molecule has 0 saturated heterocycles. The Balaban J connectivity index is 2.51. The normalized spacial score (nSPS) is 11.6. The van der Waals surface area contributed by atoms with E-state index in [0.717, 1.165) is 33.1 Å². The first kappa shape index (κ1) is 9.48. The molecule has 0 bridgehead atoms. The number of aryl methyl sites for hydroxylation is 1. The molecule has 0 spiro atoms. The predicted molar refractivity (Wildman–Crippen MR) is 61.5 cm³/mol. The molecule has 0 unspecified atom stereocenters. The van der Waals surface area contributed by atoms with E-state index in [1.54, 1.807) is 12.5 Å². The lowest BCUT2D eigenvalue weighted by Crippen LogP contribution is -1.93. The third kappa shape index (κ3) is 1.12. The molecule has 2 aromatic heterocycles. The number of fused-ring (bicyclic) bond motifs is 2. The zero-order valence-electron chi connectivity index (χ0n) is 8.99. The standard InChI is InChI=1S/C13H12O3/c1-8-9-3-6-16-13(9)10(2-5-14)11-4-7-15-12(8)11/h3-4,6-7,14H,2,5H2,1H3. The lowest BCUT2D eigenvalue weighted by molar-refractivity contribution is 0.300. The summed E-state index contributed by atoms with van der Waals surface area (Å²) in [6, 6.07) is 3.86. The topological polar surface area (TPSA) is 46.5 Å². The van der Waals surface area contributed by atoms with Crippen LogP contribution in [0, 0.1) is 6.92 Å². The Morgan fingerprint density at radius 1 is 1.06 bits per heavy atom. The molecule has 0 amide bonds. The van der Waals surface area contributed by atoms with Crippen LogP contribution in [0.3, 0.4) is 0 Å². The Bertz CT molecular complexity index is 594. The van der Waals surface area contributed by atoms with Crippen molar-refractivity contribution < 1.29 is 13.9 Å². The van der Waals surface area contributed by atoms with Gasteiger partial charge in [-0.1, -0.05) is 0 Å². The number of aliphatic hydroxyl groups is 1. The first-order valence-electron chi connectivity index (χ1n) is 5.29. The van der Waals surface area contributed by atoms with Crippen LogP contribution in [0.5, 0.6) is 0 Å². The summed E-state index contributed by atoms with van der Waals surface area (Å²) in [6.07, 6.45) is 3.94. The van der Waals surface area contributed by atoms with Crippen LogP contribution < -0.4 is 0 Å². The molecule has 3 heteroatoms. The molecule has 0 radical (unpaired) electrons. The largest absolute Gasteiger partial charge is 0.464 e. The van der Waals surface area contributed by atoms with E-state index in [1.807, 2.05) is 19.1 Å². The number of furan rings is 2. The molecule has 1 N–H and O–H groups in total. The van der Waals surface area contributed by atoms with Gasteiger partial charge in [-0.3, -0.25) is 0 Å². The Morgan fingerprint density at radius 2 is 1.75 bits per heavy atom. The Labute approximate surface area is 92.3 Å². The van der Waals surface area contributed by atoms with Crippen LogP contribution in [-0.4, -0.2) is 11.7 Å². The van der Waals surface area contributed by atoms with E-state index in [1.165, 1.54) is 0 Å². The first-order valence-corrected chi connectivity index (χ1v) is 5.29.